The van der Waals surface area contributed by atoms with Gasteiger partial charge in [-0.15, -0.1) is 10.2 Å². The predicted molar refractivity (Wildman–Crippen MR) is 85.9 cm³/mol. The van der Waals surface area contributed by atoms with E-state index in [-0.39, 0.29) is 5.91 Å². The molecule has 1 saturated carbocycles. The zero-order valence-electron chi connectivity index (χ0n) is 12.3. The molecule has 6 heteroatoms. The molecule has 1 amide bonds. The lowest BCUT2D eigenvalue weighted by atomic mass is 10.00. The van der Waals surface area contributed by atoms with E-state index in [0.29, 0.717) is 17.6 Å². The number of benzene rings is 1. The molecule has 1 N–H and O–H groups in total. The number of carbonyl (C=O) groups excluding carboxylic acids is 1. The molecule has 1 aliphatic carbocycles. The lowest BCUT2D eigenvalue weighted by Crippen LogP contribution is -2.37. The number of nitrogens with one attached hydrogen (secondary N) is 1. The Hall–Kier alpha value is -1.79. The normalized spacial score (nSPS) is 18.0. The Morgan fingerprint density at radius 2 is 2.09 bits per heavy atom. The number of amides is 1. The molecule has 1 aromatic heterocycles. The number of fused-ring (bicyclic) bond motifs is 1. The van der Waals surface area contributed by atoms with E-state index in [4.69, 9.17) is 0 Å². The second kappa shape index (κ2) is 5.78. The quantitative estimate of drug-likeness (QED) is 0.941. The summed E-state index contributed by atoms with van der Waals surface area (Å²) in [6.45, 7) is 2.17. The second-order valence-corrected chi connectivity index (χ2v) is 7.01. The standard InChI is InChI=1S/C16H18N4OS/c21-14(17-16-19-18-15(22-16)12-5-6-12)10-20-8-7-11-3-1-2-4-13(11)9-20/h1-4,12H,5-10H2,(H,17,19,21). The number of carbonyl (C=O) groups is 1. The largest absolute Gasteiger partial charge is 0.299 e. The monoisotopic (exact) mass is 314 g/mol. The topological polar surface area (TPSA) is 58.1 Å². The molecule has 0 saturated heterocycles. The third kappa shape index (κ3) is 3.03. The lowest BCUT2D eigenvalue weighted by Gasteiger charge is -2.27. The van der Waals surface area contributed by atoms with Crippen molar-refractivity contribution in [2.45, 2.75) is 31.7 Å². The third-order valence-electron chi connectivity index (χ3n) is 4.19. The summed E-state index contributed by atoms with van der Waals surface area (Å²) in [6, 6.07) is 8.45. The van der Waals surface area contributed by atoms with Crippen molar-refractivity contribution in [3.63, 3.8) is 0 Å². The van der Waals surface area contributed by atoms with Crippen LogP contribution in [0.1, 0.15) is 34.9 Å². The summed E-state index contributed by atoms with van der Waals surface area (Å²) in [6.07, 6.45) is 3.42. The van der Waals surface area contributed by atoms with Crippen molar-refractivity contribution in [3.05, 3.63) is 40.4 Å². The number of anilines is 1. The van der Waals surface area contributed by atoms with Crippen LogP contribution in [-0.4, -0.2) is 34.1 Å². The molecule has 1 aromatic carbocycles. The molecular weight excluding hydrogens is 296 g/mol. The fourth-order valence-corrected chi connectivity index (χ4v) is 3.76. The van der Waals surface area contributed by atoms with E-state index >= 15 is 0 Å². The molecule has 0 radical (unpaired) electrons. The van der Waals surface area contributed by atoms with Gasteiger partial charge in [-0.05, 0) is 30.4 Å². The van der Waals surface area contributed by atoms with Crippen molar-refractivity contribution in [2.24, 2.45) is 0 Å². The molecule has 0 unspecified atom stereocenters. The van der Waals surface area contributed by atoms with Crippen molar-refractivity contribution in [1.82, 2.24) is 15.1 Å². The molecule has 22 heavy (non-hydrogen) atoms. The predicted octanol–water partition coefficient (Wildman–Crippen LogP) is 2.41. The van der Waals surface area contributed by atoms with E-state index in [1.54, 1.807) is 0 Å². The molecule has 1 fully saturated rings. The number of hydrogen-bond donors (Lipinski definition) is 1. The zero-order chi connectivity index (χ0) is 14.9. The van der Waals surface area contributed by atoms with Crippen LogP contribution in [0.2, 0.25) is 0 Å². The average molecular weight is 314 g/mol. The minimum absolute atomic E-state index is 0.00196. The number of aromatic nitrogens is 2. The molecule has 114 valence electrons. The van der Waals surface area contributed by atoms with E-state index in [1.807, 2.05) is 0 Å². The van der Waals surface area contributed by atoms with Gasteiger partial charge >= 0.3 is 0 Å². The number of nitrogens with zero attached hydrogens (tertiary/aromatic N) is 3. The smallest absolute Gasteiger partial charge is 0.240 e. The summed E-state index contributed by atoms with van der Waals surface area (Å²) in [5, 5.41) is 12.8. The Morgan fingerprint density at radius 3 is 2.91 bits per heavy atom. The lowest BCUT2D eigenvalue weighted by molar-refractivity contribution is -0.117. The Kier molecular flexibility index (Phi) is 3.63. The van der Waals surface area contributed by atoms with Crippen molar-refractivity contribution in [1.29, 1.82) is 0 Å². The summed E-state index contributed by atoms with van der Waals surface area (Å²) < 4.78 is 0. The Bertz CT molecular complexity index is 695. The highest BCUT2D eigenvalue weighted by atomic mass is 32.1. The first-order valence-corrected chi connectivity index (χ1v) is 8.52. The summed E-state index contributed by atoms with van der Waals surface area (Å²) in [7, 11) is 0. The highest BCUT2D eigenvalue weighted by molar-refractivity contribution is 7.15. The maximum atomic E-state index is 12.2. The molecular formula is C16H18N4OS. The fraction of sp³-hybridized carbons (Fsp3) is 0.438. The third-order valence-corrected chi connectivity index (χ3v) is 5.19. The van der Waals surface area contributed by atoms with Crippen LogP contribution in [0.5, 0.6) is 0 Å². The van der Waals surface area contributed by atoms with Crippen LogP contribution in [-0.2, 0) is 17.8 Å². The van der Waals surface area contributed by atoms with E-state index < -0.39 is 0 Å². The minimum atomic E-state index is -0.00196. The van der Waals surface area contributed by atoms with Gasteiger partial charge in [0.15, 0.2) is 0 Å². The Balaban J connectivity index is 1.34. The van der Waals surface area contributed by atoms with Gasteiger partial charge in [0.2, 0.25) is 11.0 Å². The van der Waals surface area contributed by atoms with Crippen LogP contribution in [0.15, 0.2) is 24.3 Å². The molecule has 1 aliphatic heterocycles. The van der Waals surface area contributed by atoms with Gasteiger partial charge in [-0.25, -0.2) is 0 Å². The van der Waals surface area contributed by atoms with Gasteiger partial charge in [0, 0.05) is 19.0 Å². The number of rotatable bonds is 4. The van der Waals surface area contributed by atoms with Crippen molar-refractivity contribution in [2.75, 3.05) is 18.4 Å². The van der Waals surface area contributed by atoms with E-state index in [0.717, 1.165) is 24.5 Å². The molecule has 0 bridgehead atoms. The van der Waals surface area contributed by atoms with Gasteiger partial charge in [0.1, 0.15) is 5.01 Å². The van der Waals surface area contributed by atoms with Gasteiger partial charge in [0.25, 0.3) is 0 Å². The van der Waals surface area contributed by atoms with Gasteiger partial charge in [-0.3, -0.25) is 15.0 Å². The van der Waals surface area contributed by atoms with Gasteiger partial charge < -0.3 is 0 Å². The van der Waals surface area contributed by atoms with Crippen molar-refractivity contribution in [3.8, 4) is 0 Å². The van der Waals surface area contributed by atoms with Crippen LogP contribution in [0.4, 0.5) is 5.13 Å². The van der Waals surface area contributed by atoms with Crippen LogP contribution < -0.4 is 5.32 Å². The maximum Gasteiger partial charge on any atom is 0.240 e. The van der Waals surface area contributed by atoms with Crippen LogP contribution >= 0.6 is 11.3 Å². The van der Waals surface area contributed by atoms with Crippen molar-refractivity contribution < 1.29 is 4.79 Å². The van der Waals surface area contributed by atoms with Gasteiger partial charge in [0.05, 0.1) is 6.54 Å². The molecule has 2 heterocycles. The van der Waals surface area contributed by atoms with Crippen LogP contribution in [0.3, 0.4) is 0 Å². The number of hydrogen-bond acceptors (Lipinski definition) is 5. The molecule has 2 aliphatic rings. The molecule has 2 aromatic rings. The van der Waals surface area contributed by atoms with Crippen molar-refractivity contribution >= 4 is 22.4 Å². The van der Waals surface area contributed by atoms with Crippen LogP contribution in [0.25, 0.3) is 0 Å². The van der Waals surface area contributed by atoms with E-state index in [1.165, 1.54) is 35.3 Å². The SMILES string of the molecule is O=C(CN1CCc2ccccc2C1)Nc1nnc(C2CC2)s1. The molecule has 4 rings (SSSR count). The van der Waals surface area contributed by atoms with Crippen LogP contribution in [0, 0.1) is 0 Å². The first-order chi connectivity index (χ1) is 10.8. The molecule has 0 atom stereocenters. The molecule has 5 nitrogen and oxygen atoms in total. The van der Waals surface area contributed by atoms with Gasteiger partial charge in [-0.2, -0.15) is 0 Å². The summed E-state index contributed by atoms with van der Waals surface area (Å²) in [5.74, 6) is 0.583. The Morgan fingerprint density at radius 1 is 1.27 bits per heavy atom. The highest BCUT2D eigenvalue weighted by Crippen LogP contribution is 2.42. The second-order valence-electron chi connectivity index (χ2n) is 6.00. The maximum absolute atomic E-state index is 12.2. The molecule has 0 spiro atoms. The fourth-order valence-electron chi connectivity index (χ4n) is 2.83. The average Bonchev–Trinajstić information content (AvgIpc) is 3.28. The zero-order valence-corrected chi connectivity index (χ0v) is 13.1. The minimum Gasteiger partial charge on any atom is -0.299 e. The summed E-state index contributed by atoms with van der Waals surface area (Å²) >= 11 is 1.51. The summed E-state index contributed by atoms with van der Waals surface area (Å²) in [4.78, 5) is 14.4. The first kappa shape index (κ1) is 13.8. The van der Waals surface area contributed by atoms with E-state index in [9.17, 15) is 4.79 Å². The highest BCUT2D eigenvalue weighted by Gasteiger charge is 2.28. The Labute approximate surface area is 133 Å². The summed E-state index contributed by atoms with van der Waals surface area (Å²) in [5.41, 5.74) is 2.73. The first-order valence-electron chi connectivity index (χ1n) is 7.70. The van der Waals surface area contributed by atoms with Gasteiger partial charge in [-0.1, -0.05) is 35.6 Å². The van der Waals surface area contributed by atoms with E-state index in [2.05, 4.69) is 44.7 Å².